The summed E-state index contributed by atoms with van der Waals surface area (Å²) < 4.78 is 5.97. The second-order valence-electron chi connectivity index (χ2n) is 5.72. The maximum Gasteiger partial charge on any atom is 0.317 e. The number of nitrogens with one attached hydrogen (secondary N) is 1. The summed E-state index contributed by atoms with van der Waals surface area (Å²) in [6.45, 7) is 4.14. The van der Waals surface area contributed by atoms with Gasteiger partial charge in [-0.2, -0.15) is 23.1 Å². The molecular weight excluding hydrogens is 304 g/mol. The van der Waals surface area contributed by atoms with Crippen molar-refractivity contribution in [1.29, 1.82) is 0 Å². The van der Waals surface area contributed by atoms with Gasteiger partial charge < -0.3 is 15.0 Å². The third kappa shape index (κ3) is 3.93. The molecular formula is C15H22N2O2S2. The molecule has 21 heavy (non-hydrogen) atoms. The van der Waals surface area contributed by atoms with Crippen molar-refractivity contribution < 1.29 is 9.53 Å². The van der Waals surface area contributed by atoms with Gasteiger partial charge in [-0.3, -0.25) is 0 Å². The number of rotatable bonds is 3. The van der Waals surface area contributed by atoms with Crippen molar-refractivity contribution in [2.75, 3.05) is 25.4 Å². The van der Waals surface area contributed by atoms with Gasteiger partial charge in [-0.15, -0.1) is 0 Å². The summed E-state index contributed by atoms with van der Waals surface area (Å²) in [7, 11) is 0. The minimum Gasteiger partial charge on any atom is -0.367 e. The molecule has 3 rings (SSSR count). The number of carbonyl (C=O) groups is 1. The summed E-state index contributed by atoms with van der Waals surface area (Å²) in [5, 5.41) is 7.85. The number of ether oxygens (including phenoxy) is 1. The Hall–Kier alpha value is -0.720. The van der Waals surface area contributed by atoms with Gasteiger partial charge in [0.2, 0.25) is 0 Å². The van der Waals surface area contributed by atoms with E-state index in [1.165, 1.54) is 24.2 Å². The fourth-order valence-corrected chi connectivity index (χ4v) is 4.78. The highest BCUT2D eigenvalue weighted by atomic mass is 32.2. The number of morpholine rings is 1. The van der Waals surface area contributed by atoms with Crippen LogP contribution in [0.4, 0.5) is 4.79 Å². The van der Waals surface area contributed by atoms with Gasteiger partial charge in [-0.25, -0.2) is 4.79 Å². The van der Waals surface area contributed by atoms with Crippen LogP contribution in [0.15, 0.2) is 16.8 Å². The molecule has 116 valence electrons. The van der Waals surface area contributed by atoms with E-state index >= 15 is 0 Å². The van der Waals surface area contributed by atoms with Crippen LogP contribution in [0.2, 0.25) is 0 Å². The van der Waals surface area contributed by atoms with E-state index in [-0.39, 0.29) is 18.2 Å². The lowest BCUT2D eigenvalue weighted by Crippen LogP contribution is -2.50. The van der Waals surface area contributed by atoms with Crippen molar-refractivity contribution in [3.8, 4) is 0 Å². The number of thioether (sulfide) groups is 1. The lowest BCUT2D eigenvalue weighted by Gasteiger charge is -2.36. The van der Waals surface area contributed by atoms with E-state index in [0.717, 1.165) is 6.54 Å². The standard InChI is InChI=1S/C15H22N2O2S2/c1-11-8-17(9-14(19-11)12-4-6-20-10-12)15(18)16-7-13-3-2-5-21-13/h4,6,10-11,13-14H,2-3,5,7-9H2,1H3,(H,16,18)/t11-,13-,14-/m1/s1. The number of hydrogen-bond acceptors (Lipinski definition) is 4. The van der Waals surface area contributed by atoms with Gasteiger partial charge in [-0.1, -0.05) is 0 Å². The number of amides is 2. The Bertz CT molecular complexity index is 460. The Labute approximate surface area is 134 Å². The fraction of sp³-hybridized carbons (Fsp3) is 0.667. The SMILES string of the molecule is C[C@@H]1CN(C(=O)NC[C@H]2CCCS2)C[C@H](c2ccsc2)O1. The van der Waals surface area contributed by atoms with Gasteiger partial charge in [0.15, 0.2) is 0 Å². The van der Waals surface area contributed by atoms with E-state index in [4.69, 9.17) is 4.74 Å². The molecule has 0 bridgehead atoms. The smallest absolute Gasteiger partial charge is 0.317 e. The molecule has 0 aliphatic carbocycles. The first-order valence-corrected chi connectivity index (χ1v) is 9.53. The monoisotopic (exact) mass is 326 g/mol. The van der Waals surface area contributed by atoms with Crippen LogP contribution in [0, 0.1) is 0 Å². The van der Waals surface area contributed by atoms with Crippen LogP contribution in [0.5, 0.6) is 0 Å². The summed E-state index contributed by atoms with van der Waals surface area (Å²) >= 11 is 3.64. The highest BCUT2D eigenvalue weighted by molar-refractivity contribution is 8.00. The predicted molar refractivity (Wildman–Crippen MR) is 88.1 cm³/mol. The summed E-state index contributed by atoms with van der Waals surface area (Å²) in [5.41, 5.74) is 1.18. The van der Waals surface area contributed by atoms with E-state index in [1.807, 2.05) is 23.6 Å². The largest absolute Gasteiger partial charge is 0.367 e. The third-order valence-corrected chi connectivity index (χ3v) is 6.07. The normalized spacial score (nSPS) is 29.6. The predicted octanol–water partition coefficient (Wildman–Crippen LogP) is 3.12. The number of thiophene rings is 1. The molecule has 0 unspecified atom stereocenters. The topological polar surface area (TPSA) is 41.6 Å². The van der Waals surface area contributed by atoms with Gasteiger partial charge in [0.25, 0.3) is 0 Å². The molecule has 2 aliphatic rings. The first kappa shape index (κ1) is 15.2. The molecule has 6 heteroatoms. The Kier molecular flexibility index (Phi) is 5.08. The lowest BCUT2D eigenvalue weighted by molar-refractivity contribution is -0.0654. The zero-order valence-corrected chi connectivity index (χ0v) is 13.9. The van der Waals surface area contributed by atoms with Gasteiger partial charge >= 0.3 is 6.03 Å². The van der Waals surface area contributed by atoms with E-state index in [0.29, 0.717) is 18.3 Å². The molecule has 2 saturated heterocycles. The Balaban J connectivity index is 1.54. The second kappa shape index (κ2) is 7.03. The molecule has 4 nitrogen and oxygen atoms in total. The van der Waals surface area contributed by atoms with Crippen LogP contribution < -0.4 is 5.32 Å². The average molecular weight is 326 g/mol. The Morgan fingerprint density at radius 3 is 3.14 bits per heavy atom. The number of nitrogens with zero attached hydrogens (tertiary/aromatic N) is 1. The maximum absolute atomic E-state index is 12.4. The van der Waals surface area contributed by atoms with Crippen molar-refractivity contribution in [3.05, 3.63) is 22.4 Å². The zero-order valence-electron chi connectivity index (χ0n) is 12.3. The first-order chi connectivity index (χ1) is 10.2. The van der Waals surface area contributed by atoms with Crippen molar-refractivity contribution >= 4 is 29.1 Å². The third-order valence-electron chi connectivity index (χ3n) is 3.97. The van der Waals surface area contributed by atoms with E-state index < -0.39 is 0 Å². The maximum atomic E-state index is 12.4. The van der Waals surface area contributed by atoms with Crippen molar-refractivity contribution in [1.82, 2.24) is 10.2 Å². The molecule has 3 heterocycles. The average Bonchev–Trinajstić information content (AvgIpc) is 3.17. The highest BCUT2D eigenvalue weighted by Gasteiger charge is 2.30. The van der Waals surface area contributed by atoms with Crippen molar-refractivity contribution in [2.24, 2.45) is 0 Å². The van der Waals surface area contributed by atoms with E-state index in [1.54, 1.807) is 11.3 Å². The lowest BCUT2D eigenvalue weighted by atomic mass is 10.1. The molecule has 1 aromatic rings. The summed E-state index contributed by atoms with van der Waals surface area (Å²) in [5.74, 6) is 1.23. The fourth-order valence-electron chi connectivity index (χ4n) is 2.88. The van der Waals surface area contributed by atoms with Gasteiger partial charge in [0.05, 0.1) is 12.6 Å². The minimum absolute atomic E-state index is 0.00612. The molecule has 0 aromatic carbocycles. The number of carbonyl (C=O) groups excluding carboxylic acids is 1. The molecule has 1 N–H and O–H groups in total. The molecule has 0 saturated carbocycles. The molecule has 2 fully saturated rings. The van der Waals surface area contributed by atoms with Gasteiger partial charge in [0, 0.05) is 18.3 Å². The summed E-state index contributed by atoms with van der Waals surface area (Å²) in [4.78, 5) is 14.3. The van der Waals surface area contributed by atoms with E-state index in [2.05, 4.69) is 22.1 Å². The van der Waals surface area contributed by atoms with Crippen LogP contribution in [-0.4, -0.2) is 47.7 Å². The van der Waals surface area contributed by atoms with Crippen molar-refractivity contribution in [2.45, 2.75) is 37.2 Å². The van der Waals surface area contributed by atoms with Gasteiger partial charge in [-0.05, 0) is 47.9 Å². The molecule has 0 spiro atoms. The summed E-state index contributed by atoms with van der Waals surface area (Å²) in [6, 6.07) is 2.14. The molecule has 0 radical (unpaired) electrons. The quantitative estimate of drug-likeness (QED) is 0.928. The first-order valence-electron chi connectivity index (χ1n) is 7.54. The minimum atomic E-state index is 0.00612. The summed E-state index contributed by atoms with van der Waals surface area (Å²) in [6.07, 6.45) is 2.59. The Morgan fingerprint density at radius 1 is 1.52 bits per heavy atom. The van der Waals surface area contributed by atoms with Gasteiger partial charge in [0.1, 0.15) is 6.10 Å². The number of hydrogen-bond donors (Lipinski definition) is 1. The van der Waals surface area contributed by atoms with Crippen LogP contribution in [0.25, 0.3) is 0 Å². The molecule has 1 aromatic heterocycles. The van der Waals surface area contributed by atoms with Crippen LogP contribution in [0.1, 0.15) is 31.4 Å². The second-order valence-corrected chi connectivity index (χ2v) is 7.91. The van der Waals surface area contributed by atoms with Crippen LogP contribution in [-0.2, 0) is 4.74 Å². The van der Waals surface area contributed by atoms with E-state index in [9.17, 15) is 4.79 Å². The number of urea groups is 1. The Morgan fingerprint density at radius 2 is 2.43 bits per heavy atom. The molecule has 2 aliphatic heterocycles. The zero-order chi connectivity index (χ0) is 14.7. The van der Waals surface area contributed by atoms with Crippen LogP contribution >= 0.6 is 23.1 Å². The van der Waals surface area contributed by atoms with Crippen molar-refractivity contribution in [3.63, 3.8) is 0 Å². The molecule has 3 atom stereocenters. The highest BCUT2D eigenvalue weighted by Crippen LogP contribution is 2.27. The molecule has 2 amide bonds. The van der Waals surface area contributed by atoms with Crippen LogP contribution in [0.3, 0.4) is 0 Å².